The Balaban J connectivity index is 3.14. The lowest BCUT2D eigenvalue weighted by atomic mass is 10.0. The van der Waals surface area contributed by atoms with Crippen molar-refractivity contribution in [3.63, 3.8) is 0 Å². The first-order chi connectivity index (χ1) is 28.8. The van der Waals surface area contributed by atoms with Crippen LogP contribution in [0.2, 0.25) is 0 Å². The Hall–Kier alpha value is -0.0400. The van der Waals surface area contributed by atoms with Gasteiger partial charge in [-0.25, -0.2) is 0 Å². The van der Waals surface area contributed by atoms with Gasteiger partial charge in [-0.15, -0.1) is 0 Å². The molecule has 0 atom stereocenters. The van der Waals surface area contributed by atoms with Crippen molar-refractivity contribution >= 4 is 0 Å². The van der Waals surface area contributed by atoms with E-state index in [4.69, 9.17) is 0 Å². The lowest BCUT2D eigenvalue weighted by Crippen LogP contribution is -2.20. The zero-order valence-electron chi connectivity index (χ0n) is 41.6. The summed E-state index contributed by atoms with van der Waals surface area (Å²) in [5.74, 6) is 0. The predicted octanol–water partition coefficient (Wildman–Crippen LogP) is 21.2. The average molecular weight is 817 g/mol. The molecule has 0 saturated heterocycles. The van der Waals surface area contributed by atoms with Crippen LogP contribution >= 0.6 is 0 Å². The molecule has 0 bridgehead atoms. The van der Waals surface area contributed by atoms with Crippen LogP contribution in [0, 0.1) is 0 Å². The number of nitrogens with zero attached hydrogens (tertiary/aromatic N) is 1. The summed E-state index contributed by atoms with van der Waals surface area (Å²) in [7, 11) is 2.36. The fourth-order valence-corrected chi connectivity index (χ4v) is 9.51. The highest BCUT2D eigenvalue weighted by Gasteiger charge is 2.01. The fourth-order valence-electron chi connectivity index (χ4n) is 9.51. The number of hydrogen-bond donors (Lipinski definition) is 0. The van der Waals surface area contributed by atoms with Crippen molar-refractivity contribution in [3.8, 4) is 0 Å². The highest BCUT2D eigenvalue weighted by atomic mass is 15.1. The summed E-state index contributed by atoms with van der Waals surface area (Å²) in [4.78, 5) is 2.61. The summed E-state index contributed by atoms with van der Waals surface area (Å²) in [6, 6.07) is 0. The van der Waals surface area contributed by atoms with Crippen LogP contribution in [0.5, 0.6) is 0 Å². The van der Waals surface area contributed by atoms with E-state index in [0.29, 0.717) is 0 Å². The maximum Gasteiger partial charge on any atom is -0.00218 e. The van der Waals surface area contributed by atoms with Gasteiger partial charge in [-0.3, -0.25) is 0 Å². The second-order valence-electron chi connectivity index (χ2n) is 20.0. The molecule has 58 heavy (non-hydrogen) atoms. The molecule has 0 radical (unpaired) electrons. The quantitative estimate of drug-likeness (QED) is 0.0553. The molecule has 0 spiro atoms. The second-order valence-corrected chi connectivity index (χ2v) is 20.0. The molecule has 0 unspecified atom stereocenters. The van der Waals surface area contributed by atoms with Crippen molar-refractivity contribution in [2.24, 2.45) is 0 Å². The fraction of sp³-hybridized carbons (Fsp3) is 1.00. The van der Waals surface area contributed by atoms with Crippen molar-refractivity contribution in [2.75, 3.05) is 20.1 Å². The topological polar surface area (TPSA) is 3.24 Å². The molecule has 0 aliphatic rings. The molecule has 1 heteroatoms. The Morgan fingerprint density at radius 3 is 0.379 bits per heavy atom. The standard InChI is InChI=1S/C57H117N/c1-4-6-8-10-12-14-16-18-20-22-24-26-28-30-32-34-36-38-40-42-44-46-48-50-52-54-56-58(3)57-55-53-51-49-47-45-43-41-39-37-35-33-31-29-27-25-23-21-19-17-15-13-11-9-7-5-2/h4-57H2,1-3H3. The van der Waals surface area contributed by atoms with Gasteiger partial charge >= 0.3 is 0 Å². The van der Waals surface area contributed by atoms with Gasteiger partial charge < -0.3 is 4.90 Å². The Labute approximate surface area is 371 Å². The van der Waals surface area contributed by atoms with Crippen molar-refractivity contribution in [2.45, 2.75) is 348 Å². The monoisotopic (exact) mass is 816 g/mol. The average Bonchev–Trinajstić information content (AvgIpc) is 3.23. The summed E-state index contributed by atoms with van der Waals surface area (Å²) in [6.45, 7) is 7.26. The summed E-state index contributed by atoms with van der Waals surface area (Å²) < 4.78 is 0. The van der Waals surface area contributed by atoms with Gasteiger partial charge in [0.05, 0.1) is 0 Å². The largest absolute Gasteiger partial charge is 0.306 e. The van der Waals surface area contributed by atoms with Crippen molar-refractivity contribution < 1.29 is 0 Å². The van der Waals surface area contributed by atoms with E-state index in [1.807, 2.05) is 0 Å². The Kier molecular flexibility index (Phi) is 54.9. The highest BCUT2D eigenvalue weighted by Crippen LogP contribution is 2.18. The van der Waals surface area contributed by atoms with E-state index in [1.54, 1.807) is 0 Å². The zero-order chi connectivity index (χ0) is 41.8. The van der Waals surface area contributed by atoms with Gasteiger partial charge in [0.2, 0.25) is 0 Å². The van der Waals surface area contributed by atoms with Crippen LogP contribution in [0.1, 0.15) is 348 Å². The van der Waals surface area contributed by atoms with Crippen molar-refractivity contribution in [1.82, 2.24) is 4.90 Å². The first kappa shape index (κ1) is 58.0. The van der Waals surface area contributed by atoms with E-state index in [-0.39, 0.29) is 0 Å². The molecule has 350 valence electrons. The van der Waals surface area contributed by atoms with Gasteiger partial charge in [-0.1, -0.05) is 335 Å². The Morgan fingerprint density at radius 1 is 0.155 bits per heavy atom. The van der Waals surface area contributed by atoms with E-state index >= 15 is 0 Å². The lowest BCUT2D eigenvalue weighted by molar-refractivity contribution is 0.314. The van der Waals surface area contributed by atoms with Gasteiger partial charge in [0.1, 0.15) is 0 Å². The molecule has 0 saturated carbocycles. The maximum absolute atomic E-state index is 2.61. The Bertz CT molecular complexity index is 616. The number of unbranched alkanes of at least 4 members (excludes halogenated alkanes) is 50. The molecule has 0 amide bonds. The SMILES string of the molecule is CCCCCCCCCCCCCCCCCCCCCCCCCCCCN(C)CCCCCCCCCCCCCCCCCCCCCCCCCCCC. The number of rotatable bonds is 54. The van der Waals surface area contributed by atoms with Crippen molar-refractivity contribution in [1.29, 1.82) is 0 Å². The molecule has 0 aromatic heterocycles. The van der Waals surface area contributed by atoms with Gasteiger partial charge in [-0.2, -0.15) is 0 Å². The highest BCUT2D eigenvalue weighted by molar-refractivity contribution is 4.57. The van der Waals surface area contributed by atoms with Crippen LogP contribution < -0.4 is 0 Å². The van der Waals surface area contributed by atoms with Gasteiger partial charge in [0.25, 0.3) is 0 Å². The summed E-state index contributed by atoms with van der Waals surface area (Å²) in [5.41, 5.74) is 0. The molecule has 0 rings (SSSR count). The third-order valence-corrected chi connectivity index (χ3v) is 13.8. The van der Waals surface area contributed by atoms with Gasteiger partial charge in [-0.05, 0) is 33.0 Å². The molecule has 0 aromatic carbocycles. The molecule has 0 aliphatic carbocycles. The molecule has 0 aromatic rings. The van der Waals surface area contributed by atoms with Gasteiger partial charge in [0, 0.05) is 0 Å². The van der Waals surface area contributed by atoms with E-state index in [2.05, 4.69) is 25.8 Å². The van der Waals surface area contributed by atoms with E-state index in [9.17, 15) is 0 Å². The molecular weight excluding hydrogens is 699 g/mol. The normalized spacial score (nSPS) is 11.8. The maximum atomic E-state index is 2.61. The Morgan fingerprint density at radius 2 is 0.259 bits per heavy atom. The van der Waals surface area contributed by atoms with Crippen LogP contribution in [0.3, 0.4) is 0 Å². The van der Waals surface area contributed by atoms with Gasteiger partial charge in [0.15, 0.2) is 0 Å². The lowest BCUT2D eigenvalue weighted by Gasteiger charge is -2.16. The smallest absolute Gasteiger partial charge is 0.00218 e. The molecule has 0 fully saturated rings. The van der Waals surface area contributed by atoms with E-state index in [0.717, 1.165) is 0 Å². The molecule has 0 aliphatic heterocycles. The minimum Gasteiger partial charge on any atom is -0.306 e. The van der Waals surface area contributed by atoms with Crippen molar-refractivity contribution in [3.05, 3.63) is 0 Å². The van der Waals surface area contributed by atoms with E-state index in [1.165, 1.54) is 347 Å². The minimum atomic E-state index is 1.32. The van der Waals surface area contributed by atoms with Crippen LogP contribution in [-0.2, 0) is 0 Å². The third kappa shape index (κ3) is 54.0. The second kappa shape index (κ2) is 55.0. The number of hydrogen-bond acceptors (Lipinski definition) is 1. The first-order valence-corrected chi connectivity index (χ1v) is 28.5. The minimum absolute atomic E-state index is 1.32. The first-order valence-electron chi connectivity index (χ1n) is 28.5. The molecule has 1 nitrogen and oxygen atoms in total. The summed E-state index contributed by atoms with van der Waals surface area (Å²) >= 11 is 0. The zero-order valence-corrected chi connectivity index (χ0v) is 41.6. The van der Waals surface area contributed by atoms with Crippen LogP contribution in [0.25, 0.3) is 0 Å². The molecular formula is C57H117N. The van der Waals surface area contributed by atoms with E-state index < -0.39 is 0 Å². The summed E-state index contributed by atoms with van der Waals surface area (Å²) in [5, 5.41) is 0. The third-order valence-electron chi connectivity index (χ3n) is 13.8. The summed E-state index contributed by atoms with van der Waals surface area (Å²) in [6.07, 6.45) is 76.8. The predicted molar refractivity (Wildman–Crippen MR) is 269 cm³/mol. The van der Waals surface area contributed by atoms with Crippen LogP contribution in [0.15, 0.2) is 0 Å². The molecule has 0 N–H and O–H groups in total. The molecule has 0 heterocycles. The van der Waals surface area contributed by atoms with Crippen LogP contribution in [0.4, 0.5) is 0 Å². The van der Waals surface area contributed by atoms with Crippen LogP contribution in [-0.4, -0.2) is 25.0 Å².